The molecule has 3 heterocycles. The fourth-order valence-electron chi connectivity index (χ4n) is 2.93. The molecular weight excluding hydrogens is 282 g/mol. The quantitative estimate of drug-likeness (QED) is 0.918. The Kier molecular flexibility index (Phi) is 3.79. The Balaban J connectivity index is 1.90. The van der Waals surface area contributed by atoms with Crippen molar-refractivity contribution in [3.8, 4) is 0 Å². The third-order valence-electron chi connectivity index (χ3n) is 4.36. The van der Waals surface area contributed by atoms with Gasteiger partial charge < -0.3 is 10.6 Å². The first-order valence-corrected chi connectivity index (χ1v) is 7.53. The molecule has 2 N–H and O–H groups in total. The van der Waals surface area contributed by atoms with Crippen LogP contribution < -0.4 is 5.73 Å². The van der Waals surface area contributed by atoms with Crippen molar-refractivity contribution in [1.82, 2.24) is 19.5 Å². The number of fused-ring (bicyclic) bond motifs is 1. The lowest BCUT2D eigenvalue weighted by molar-refractivity contribution is 0.0679. The molecular formula is C15H19N5O2. The molecule has 7 nitrogen and oxygen atoms in total. The van der Waals surface area contributed by atoms with E-state index in [0.717, 1.165) is 32.4 Å². The SMILES string of the molecule is CCC1CCN(C(=O)c2ccnc3c(C(N)=O)cnn23)CC1. The van der Waals surface area contributed by atoms with Crippen LogP contribution in [0.4, 0.5) is 0 Å². The van der Waals surface area contributed by atoms with Gasteiger partial charge in [-0.1, -0.05) is 13.3 Å². The lowest BCUT2D eigenvalue weighted by Gasteiger charge is -2.31. The van der Waals surface area contributed by atoms with Crippen molar-refractivity contribution >= 4 is 17.5 Å². The average Bonchev–Trinajstić information content (AvgIpc) is 2.98. The maximum atomic E-state index is 12.7. The minimum atomic E-state index is -0.601. The summed E-state index contributed by atoms with van der Waals surface area (Å²) < 4.78 is 1.40. The lowest BCUT2D eigenvalue weighted by Crippen LogP contribution is -2.39. The van der Waals surface area contributed by atoms with Crippen LogP contribution in [0.15, 0.2) is 18.5 Å². The molecule has 2 aromatic heterocycles. The molecule has 1 saturated heterocycles. The normalized spacial score (nSPS) is 16.1. The minimum absolute atomic E-state index is 0.0823. The Morgan fingerprint density at radius 2 is 2.09 bits per heavy atom. The molecule has 116 valence electrons. The van der Waals surface area contributed by atoms with Crippen molar-refractivity contribution < 1.29 is 9.59 Å². The summed E-state index contributed by atoms with van der Waals surface area (Å²) in [7, 11) is 0. The van der Waals surface area contributed by atoms with E-state index < -0.39 is 5.91 Å². The van der Waals surface area contributed by atoms with E-state index in [4.69, 9.17) is 5.73 Å². The summed E-state index contributed by atoms with van der Waals surface area (Å²) >= 11 is 0. The Labute approximate surface area is 128 Å². The predicted molar refractivity (Wildman–Crippen MR) is 80.4 cm³/mol. The molecule has 0 aliphatic carbocycles. The van der Waals surface area contributed by atoms with Gasteiger partial charge in [0, 0.05) is 19.3 Å². The summed E-state index contributed by atoms with van der Waals surface area (Å²) in [6.07, 6.45) is 6.08. The second-order valence-corrected chi connectivity index (χ2v) is 5.63. The third kappa shape index (κ3) is 2.43. The van der Waals surface area contributed by atoms with Gasteiger partial charge in [-0.3, -0.25) is 9.59 Å². The number of rotatable bonds is 3. The third-order valence-corrected chi connectivity index (χ3v) is 4.36. The zero-order valence-electron chi connectivity index (χ0n) is 12.5. The smallest absolute Gasteiger partial charge is 0.272 e. The van der Waals surface area contributed by atoms with Gasteiger partial charge in [-0.05, 0) is 24.8 Å². The number of carbonyl (C=O) groups is 2. The molecule has 0 radical (unpaired) electrons. The summed E-state index contributed by atoms with van der Waals surface area (Å²) in [5.41, 5.74) is 6.25. The van der Waals surface area contributed by atoms with Crippen LogP contribution in [0.3, 0.4) is 0 Å². The Hall–Kier alpha value is -2.44. The first-order chi connectivity index (χ1) is 10.6. The van der Waals surface area contributed by atoms with Gasteiger partial charge in [-0.25, -0.2) is 9.50 Å². The molecule has 0 aromatic carbocycles. The van der Waals surface area contributed by atoms with Crippen LogP contribution in [0.25, 0.3) is 5.65 Å². The number of primary amides is 1. The van der Waals surface area contributed by atoms with Gasteiger partial charge in [0.15, 0.2) is 5.65 Å². The molecule has 0 spiro atoms. The van der Waals surface area contributed by atoms with E-state index in [1.807, 2.05) is 4.90 Å². The van der Waals surface area contributed by atoms with Crippen LogP contribution in [0, 0.1) is 5.92 Å². The van der Waals surface area contributed by atoms with Gasteiger partial charge in [0.2, 0.25) is 0 Å². The topological polar surface area (TPSA) is 93.6 Å². The number of aromatic nitrogens is 3. The van der Waals surface area contributed by atoms with Gasteiger partial charge in [0.05, 0.1) is 6.20 Å². The number of likely N-dealkylation sites (tertiary alicyclic amines) is 1. The summed E-state index contributed by atoms with van der Waals surface area (Å²) in [4.78, 5) is 30.0. The summed E-state index contributed by atoms with van der Waals surface area (Å²) in [6, 6.07) is 1.62. The molecule has 22 heavy (non-hydrogen) atoms. The van der Waals surface area contributed by atoms with E-state index in [1.165, 1.54) is 16.9 Å². The van der Waals surface area contributed by atoms with Crippen LogP contribution in [0.2, 0.25) is 0 Å². The standard InChI is InChI=1S/C15H19N5O2/c1-2-10-4-7-19(8-5-10)15(22)12-3-6-17-14-11(13(16)21)9-18-20(12)14/h3,6,9-10H,2,4-5,7-8H2,1H3,(H2,16,21). The second-order valence-electron chi connectivity index (χ2n) is 5.63. The van der Waals surface area contributed by atoms with Crippen molar-refractivity contribution in [2.45, 2.75) is 26.2 Å². The summed E-state index contributed by atoms with van der Waals surface area (Å²) in [6.45, 7) is 3.69. The first kappa shape index (κ1) is 14.5. The van der Waals surface area contributed by atoms with E-state index in [9.17, 15) is 9.59 Å². The molecule has 2 amide bonds. The van der Waals surface area contributed by atoms with Crippen LogP contribution >= 0.6 is 0 Å². The lowest BCUT2D eigenvalue weighted by atomic mass is 9.94. The number of piperidine rings is 1. The number of hydrogen-bond donors (Lipinski definition) is 1. The molecule has 7 heteroatoms. The van der Waals surface area contributed by atoms with E-state index in [0.29, 0.717) is 17.3 Å². The zero-order chi connectivity index (χ0) is 15.7. The van der Waals surface area contributed by atoms with Crippen LogP contribution in [0.1, 0.15) is 47.0 Å². The largest absolute Gasteiger partial charge is 0.365 e. The monoisotopic (exact) mass is 301 g/mol. The van der Waals surface area contributed by atoms with Gasteiger partial charge in [0.25, 0.3) is 11.8 Å². The van der Waals surface area contributed by atoms with Gasteiger partial charge in [-0.15, -0.1) is 0 Å². The molecule has 1 aliphatic heterocycles. The molecule has 1 fully saturated rings. The number of nitrogens with zero attached hydrogens (tertiary/aromatic N) is 4. The van der Waals surface area contributed by atoms with Crippen molar-refractivity contribution in [1.29, 1.82) is 0 Å². The van der Waals surface area contributed by atoms with Crippen LogP contribution in [0.5, 0.6) is 0 Å². The summed E-state index contributed by atoms with van der Waals surface area (Å²) in [5, 5.41) is 4.09. The van der Waals surface area contributed by atoms with Gasteiger partial charge in [-0.2, -0.15) is 5.10 Å². The first-order valence-electron chi connectivity index (χ1n) is 7.53. The van der Waals surface area contributed by atoms with Crippen LogP contribution in [-0.4, -0.2) is 44.4 Å². The average molecular weight is 301 g/mol. The Morgan fingerprint density at radius 1 is 1.36 bits per heavy atom. The maximum absolute atomic E-state index is 12.7. The fourth-order valence-corrected chi connectivity index (χ4v) is 2.93. The van der Waals surface area contributed by atoms with Crippen molar-refractivity contribution in [2.75, 3.05) is 13.1 Å². The highest BCUT2D eigenvalue weighted by atomic mass is 16.2. The predicted octanol–water partition coefficient (Wildman–Crippen LogP) is 1.09. The van der Waals surface area contributed by atoms with E-state index in [-0.39, 0.29) is 11.5 Å². The molecule has 0 unspecified atom stereocenters. The van der Waals surface area contributed by atoms with E-state index in [2.05, 4.69) is 17.0 Å². The number of carbonyl (C=O) groups excluding carboxylic acids is 2. The molecule has 0 saturated carbocycles. The summed E-state index contributed by atoms with van der Waals surface area (Å²) in [5.74, 6) is 0.0182. The second kappa shape index (κ2) is 5.75. The highest BCUT2D eigenvalue weighted by Gasteiger charge is 2.25. The van der Waals surface area contributed by atoms with Gasteiger partial charge in [0.1, 0.15) is 11.3 Å². The van der Waals surface area contributed by atoms with E-state index in [1.54, 1.807) is 6.07 Å². The fraction of sp³-hybridized carbons (Fsp3) is 0.467. The Morgan fingerprint density at radius 3 is 2.73 bits per heavy atom. The zero-order valence-corrected chi connectivity index (χ0v) is 12.5. The number of hydrogen-bond acceptors (Lipinski definition) is 4. The van der Waals surface area contributed by atoms with Crippen molar-refractivity contribution in [2.24, 2.45) is 11.7 Å². The molecule has 0 atom stereocenters. The van der Waals surface area contributed by atoms with Gasteiger partial charge >= 0.3 is 0 Å². The molecule has 3 rings (SSSR count). The molecule has 2 aromatic rings. The number of amides is 2. The molecule has 1 aliphatic rings. The molecule has 0 bridgehead atoms. The maximum Gasteiger partial charge on any atom is 0.272 e. The van der Waals surface area contributed by atoms with E-state index >= 15 is 0 Å². The Bertz CT molecular complexity index is 716. The number of nitrogens with two attached hydrogens (primary N) is 1. The highest BCUT2D eigenvalue weighted by molar-refractivity contribution is 5.99. The van der Waals surface area contributed by atoms with Crippen molar-refractivity contribution in [3.05, 3.63) is 29.7 Å². The highest BCUT2D eigenvalue weighted by Crippen LogP contribution is 2.21. The van der Waals surface area contributed by atoms with Crippen LogP contribution in [-0.2, 0) is 0 Å². The minimum Gasteiger partial charge on any atom is -0.365 e. The van der Waals surface area contributed by atoms with Crippen molar-refractivity contribution in [3.63, 3.8) is 0 Å².